The van der Waals surface area contributed by atoms with Crippen molar-refractivity contribution in [3.8, 4) is 0 Å². The van der Waals surface area contributed by atoms with Gasteiger partial charge in [-0.2, -0.15) is 0 Å². The molecule has 2 aliphatic carbocycles. The van der Waals surface area contributed by atoms with E-state index in [-0.39, 0.29) is 48.3 Å². The molecule has 0 bridgehead atoms. The maximum atomic E-state index is 13.7. The summed E-state index contributed by atoms with van der Waals surface area (Å²) >= 11 is 3.40. The number of hydrogen-bond acceptors (Lipinski definition) is 7. The number of fused-ring (bicyclic) bond motifs is 1. The monoisotopic (exact) mass is 968 g/mol. The summed E-state index contributed by atoms with van der Waals surface area (Å²) in [6, 6.07) is 0. The summed E-state index contributed by atoms with van der Waals surface area (Å²) < 4.78 is 22.6. The molecule has 214 valence electrons. The van der Waals surface area contributed by atoms with Crippen molar-refractivity contribution in [1.29, 1.82) is 0 Å². The first-order valence-electron chi connectivity index (χ1n) is 14.1. The van der Waals surface area contributed by atoms with Crippen LogP contribution in [0.15, 0.2) is 0 Å². The molecular weight excluding hydrogens is 926 g/mol. The molecule has 5 rings (SSSR count). The van der Waals surface area contributed by atoms with E-state index in [1.807, 2.05) is 6.92 Å². The Bertz CT molecular complexity index is 868. The number of alkyl halides is 4. The summed E-state index contributed by atoms with van der Waals surface area (Å²) in [7, 11) is 0. The second kappa shape index (κ2) is 11.8. The van der Waals surface area contributed by atoms with E-state index in [1.54, 1.807) is 0 Å². The van der Waals surface area contributed by atoms with Crippen LogP contribution in [0, 0.1) is 0 Å². The minimum absolute atomic E-state index is 0.0240. The molecule has 3 aliphatic heterocycles. The molecule has 3 atom stereocenters. The molecule has 0 aromatic heterocycles. The van der Waals surface area contributed by atoms with E-state index in [4.69, 9.17) is 9.47 Å². The summed E-state index contributed by atoms with van der Waals surface area (Å²) in [5.74, 6) is -0.0354. The molecule has 0 amide bonds. The third kappa shape index (κ3) is 6.41. The van der Waals surface area contributed by atoms with E-state index < -0.39 is 27.2 Å². The topological polar surface area (TPSA) is 118 Å². The van der Waals surface area contributed by atoms with Gasteiger partial charge in [-0.25, -0.2) is 0 Å². The predicted molar refractivity (Wildman–Crippen MR) is 166 cm³/mol. The quantitative estimate of drug-likeness (QED) is 0.0466. The Hall–Kier alpha value is 1.74. The average Bonchev–Trinajstić information content (AvgIpc) is 3.78. The standard InChI is InChI=1S/C26H42I4N3O4/c1-3-4-12-23(13-6-5-7-14-23)37-21(35)25(28,19-29-31-19)18-11-10-17-24(15-8-9-16-24)36-20(34)22(2,27)26-30(32-26)33-26/h19,31-33H,3-18H2,1-2H3/q-1. The zero-order valence-corrected chi connectivity index (χ0v) is 30.7. The van der Waals surface area contributed by atoms with Gasteiger partial charge < -0.3 is 0 Å². The molecule has 11 heteroatoms. The minimum atomic E-state index is -1.22. The van der Waals surface area contributed by atoms with Gasteiger partial charge in [0.15, 0.2) is 0 Å². The van der Waals surface area contributed by atoms with Gasteiger partial charge in [0.2, 0.25) is 0 Å². The van der Waals surface area contributed by atoms with E-state index in [0.717, 1.165) is 83.5 Å². The van der Waals surface area contributed by atoms with Crippen molar-refractivity contribution >= 4 is 77.5 Å². The molecule has 3 heterocycles. The fourth-order valence-corrected chi connectivity index (χ4v) is 17.7. The van der Waals surface area contributed by atoms with E-state index in [2.05, 4.69) is 62.7 Å². The number of ether oxygens (including phenoxy) is 2. The van der Waals surface area contributed by atoms with Gasteiger partial charge in [-0.3, -0.25) is 0 Å². The number of nitrogens with one attached hydrogen (secondary N) is 3. The third-order valence-corrected chi connectivity index (χ3v) is 21.2. The Morgan fingerprint density at radius 1 is 0.919 bits per heavy atom. The Morgan fingerprint density at radius 3 is 1.95 bits per heavy atom. The Kier molecular flexibility index (Phi) is 9.62. The van der Waals surface area contributed by atoms with Crippen molar-refractivity contribution in [2.45, 2.75) is 142 Å². The summed E-state index contributed by atoms with van der Waals surface area (Å²) in [5.41, 5.74) is -0.563. The van der Waals surface area contributed by atoms with Crippen molar-refractivity contribution in [2.75, 3.05) is 0 Å². The molecule has 0 radical (unpaired) electrons. The van der Waals surface area contributed by atoms with Crippen LogP contribution < -0.4 is 32.1 Å². The fraction of sp³-hybridized carbons (Fsp3) is 0.923. The summed E-state index contributed by atoms with van der Waals surface area (Å²) in [5, 5.41) is 0. The van der Waals surface area contributed by atoms with Gasteiger partial charge in [0, 0.05) is 0 Å². The molecule has 0 aromatic rings. The van der Waals surface area contributed by atoms with Crippen LogP contribution >= 0.6 is 65.5 Å². The number of carbonyl (C=O) groups excluding carboxylic acids is 2. The van der Waals surface area contributed by atoms with E-state index in [0.29, 0.717) is 4.05 Å². The van der Waals surface area contributed by atoms with Crippen LogP contribution in [0.2, 0.25) is 0 Å². The Labute approximate surface area is 268 Å². The molecule has 5 aliphatic rings. The molecule has 3 N–H and O–H groups in total. The molecule has 2 saturated carbocycles. The number of rotatable bonds is 14. The third-order valence-electron chi connectivity index (χ3n) is 8.96. The molecule has 3 unspecified atom stereocenters. The van der Waals surface area contributed by atoms with Gasteiger partial charge in [0.25, 0.3) is 0 Å². The van der Waals surface area contributed by atoms with E-state index in [1.165, 1.54) is 19.3 Å². The van der Waals surface area contributed by atoms with Crippen molar-refractivity contribution in [3.05, 3.63) is 0 Å². The number of hydrogen-bond donors (Lipinski definition) is 3. The normalized spacial score (nSPS) is 30.6. The second-order valence-electron chi connectivity index (χ2n) is 11.8. The first-order valence-corrected chi connectivity index (χ1v) is 21.8. The van der Waals surface area contributed by atoms with Gasteiger partial charge in [-0.1, -0.05) is 0 Å². The van der Waals surface area contributed by atoms with Crippen LogP contribution in [0.25, 0.3) is 0 Å². The number of carbonyl (C=O) groups is 2. The van der Waals surface area contributed by atoms with Crippen molar-refractivity contribution in [2.24, 2.45) is 0 Å². The molecule has 5 fully saturated rings. The van der Waals surface area contributed by atoms with Gasteiger partial charge in [0.05, 0.1) is 0 Å². The summed E-state index contributed by atoms with van der Waals surface area (Å²) in [6.45, 7) is 4.24. The van der Waals surface area contributed by atoms with Gasteiger partial charge in [-0.05, 0) is 0 Å². The zero-order chi connectivity index (χ0) is 26.4. The van der Waals surface area contributed by atoms with E-state index in [9.17, 15) is 9.59 Å². The van der Waals surface area contributed by atoms with Crippen molar-refractivity contribution in [3.63, 3.8) is 0 Å². The van der Waals surface area contributed by atoms with E-state index >= 15 is 0 Å². The predicted octanol–water partition coefficient (Wildman–Crippen LogP) is 3.34. The molecule has 7 nitrogen and oxygen atoms in total. The van der Waals surface area contributed by atoms with Crippen LogP contribution in [0.1, 0.15) is 117 Å². The molecule has 0 spiro atoms. The molecule has 3 saturated heterocycles. The summed E-state index contributed by atoms with van der Waals surface area (Å²) in [4.78, 5) is 27.0. The first-order chi connectivity index (χ1) is 17.6. The second-order valence-corrected chi connectivity index (χ2v) is 22.7. The van der Waals surface area contributed by atoms with Crippen molar-refractivity contribution in [1.82, 2.24) is 10.6 Å². The van der Waals surface area contributed by atoms with Crippen LogP contribution in [0.5, 0.6) is 0 Å². The van der Waals surface area contributed by atoms with Gasteiger partial charge >= 0.3 is 271 Å². The van der Waals surface area contributed by atoms with Crippen LogP contribution in [-0.4, -0.2) is 37.7 Å². The fourth-order valence-electron chi connectivity index (χ4n) is 6.18. The molecular formula is C26H42I4N3O4-. The number of halogens is 4. The number of unbranched alkanes of at least 4 members (excludes halogenated alkanes) is 2. The Morgan fingerprint density at radius 2 is 1.43 bits per heavy atom. The zero-order valence-electron chi connectivity index (χ0n) is 22.0. The number of esters is 2. The van der Waals surface area contributed by atoms with Crippen LogP contribution in [-0.2, 0) is 19.1 Å². The average molecular weight is 968 g/mol. The molecule has 0 aromatic carbocycles. The van der Waals surface area contributed by atoms with Gasteiger partial charge in [-0.15, -0.1) is 0 Å². The van der Waals surface area contributed by atoms with Gasteiger partial charge in [0.1, 0.15) is 0 Å². The first kappa shape index (κ1) is 30.2. The van der Waals surface area contributed by atoms with Crippen LogP contribution in [0.3, 0.4) is 0 Å². The van der Waals surface area contributed by atoms with Crippen molar-refractivity contribution < 1.29 is 40.5 Å². The van der Waals surface area contributed by atoms with Crippen LogP contribution in [0.4, 0.5) is 0 Å². The maximum absolute atomic E-state index is 13.7. The summed E-state index contributed by atoms with van der Waals surface area (Å²) in [6.07, 6.45) is 16.8. The molecule has 37 heavy (non-hydrogen) atoms. The SMILES string of the molecule is CCCCC1(OC(=O)C(I)(CCCCC2(OC(=O)C(C)(I)C34NI3N4)CCCC2)C2N[I-]2)CCCCC1. The Balaban J connectivity index is 1.16.